The predicted octanol–water partition coefficient (Wildman–Crippen LogP) is 1.64. The van der Waals surface area contributed by atoms with Crippen LogP contribution in [0.15, 0.2) is 17.0 Å². The fourth-order valence-electron chi connectivity index (χ4n) is 2.07. The minimum Gasteiger partial charge on any atom is -0.355 e. The highest BCUT2D eigenvalue weighted by atomic mass is 32.2. The van der Waals surface area contributed by atoms with Gasteiger partial charge in [0, 0.05) is 6.54 Å². The zero-order chi connectivity index (χ0) is 16.2. The summed E-state index contributed by atoms with van der Waals surface area (Å²) in [6.07, 6.45) is 0.765. The van der Waals surface area contributed by atoms with E-state index in [0.29, 0.717) is 17.7 Å². The Kier molecular flexibility index (Phi) is 5.86. The second-order valence-corrected chi connectivity index (χ2v) is 6.65. The summed E-state index contributed by atoms with van der Waals surface area (Å²) in [7, 11) is -3.89. The molecular weight excluding hydrogens is 295 g/mol. The number of aryl methyl sites for hydroxylation is 2. The molecule has 0 aliphatic rings. The van der Waals surface area contributed by atoms with Crippen molar-refractivity contribution in [3.05, 3.63) is 29.1 Å². The van der Waals surface area contributed by atoms with E-state index < -0.39 is 27.8 Å². The second-order valence-electron chi connectivity index (χ2n) is 5.00. The fraction of sp³-hybridized carbons (Fsp3) is 0.500. The summed E-state index contributed by atoms with van der Waals surface area (Å²) in [4.78, 5) is 11.7. The number of hydrogen-bond donors (Lipinski definition) is 2. The summed E-state index contributed by atoms with van der Waals surface area (Å²) in [6, 6.07) is 1.41. The summed E-state index contributed by atoms with van der Waals surface area (Å²) >= 11 is 0. The summed E-state index contributed by atoms with van der Waals surface area (Å²) < 4.78 is 40.3. The summed E-state index contributed by atoms with van der Waals surface area (Å²) in [5, 5.41) is 2.62. The van der Waals surface area contributed by atoms with Crippen LogP contribution in [-0.2, 0) is 14.8 Å². The third-order valence-corrected chi connectivity index (χ3v) is 4.81. The van der Waals surface area contributed by atoms with Gasteiger partial charge in [0.15, 0.2) is 0 Å². The van der Waals surface area contributed by atoms with Crippen LogP contribution in [0, 0.1) is 19.7 Å². The zero-order valence-corrected chi connectivity index (χ0v) is 13.5. The molecule has 2 N–H and O–H groups in total. The smallest absolute Gasteiger partial charge is 0.241 e. The van der Waals surface area contributed by atoms with Gasteiger partial charge in [0.25, 0.3) is 0 Å². The van der Waals surface area contributed by atoms with Crippen molar-refractivity contribution in [2.45, 2.75) is 45.1 Å². The number of hydrogen-bond acceptors (Lipinski definition) is 3. The van der Waals surface area contributed by atoms with E-state index in [1.807, 2.05) is 6.92 Å². The Labute approximate surface area is 125 Å². The van der Waals surface area contributed by atoms with Crippen molar-refractivity contribution in [2.24, 2.45) is 0 Å². The Morgan fingerprint density at radius 1 is 1.29 bits per heavy atom. The SMILES string of the molecule is CCCNC(=O)C(C)NS(=O)(=O)c1c(C)cc(F)cc1C. The van der Waals surface area contributed by atoms with Crippen molar-refractivity contribution in [2.75, 3.05) is 6.54 Å². The minimum atomic E-state index is -3.89. The van der Waals surface area contributed by atoms with E-state index in [1.54, 1.807) is 0 Å². The maximum Gasteiger partial charge on any atom is 0.241 e. The lowest BCUT2D eigenvalue weighted by atomic mass is 10.1. The lowest BCUT2D eigenvalue weighted by Gasteiger charge is -2.16. The van der Waals surface area contributed by atoms with Gasteiger partial charge in [0.1, 0.15) is 5.82 Å². The molecule has 0 aliphatic heterocycles. The molecule has 0 saturated carbocycles. The van der Waals surface area contributed by atoms with E-state index in [2.05, 4.69) is 10.0 Å². The van der Waals surface area contributed by atoms with Gasteiger partial charge in [-0.3, -0.25) is 4.79 Å². The Hall–Kier alpha value is -1.47. The van der Waals surface area contributed by atoms with Crippen molar-refractivity contribution in [1.82, 2.24) is 10.0 Å². The van der Waals surface area contributed by atoms with Gasteiger partial charge >= 0.3 is 0 Å². The van der Waals surface area contributed by atoms with Crippen LogP contribution in [0.5, 0.6) is 0 Å². The fourth-order valence-corrected chi connectivity index (χ4v) is 3.72. The van der Waals surface area contributed by atoms with Gasteiger partial charge in [-0.15, -0.1) is 0 Å². The molecule has 1 aromatic carbocycles. The number of halogens is 1. The van der Waals surface area contributed by atoms with E-state index in [1.165, 1.54) is 20.8 Å². The van der Waals surface area contributed by atoms with Gasteiger partial charge < -0.3 is 5.32 Å². The monoisotopic (exact) mass is 316 g/mol. The third kappa shape index (κ3) is 4.50. The Morgan fingerprint density at radius 2 is 1.81 bits per heavy atom. The summed E-state index contributed by atoms with van der Waals surface area (Å²) in [6.45, 7) is 6.90. The summed E-state index contributed by atoms with van der Waals surface area (Å²) in [5.74, 6) is -0.879. The van der Waals surface area contributed by atoms with Crippen LogP contribution >= 0.6 is 0 Å². The van der Waals surface area contributed by atoms with Gasteiger partial charge in [-0.05, 0) is 50.5 Å². The van der Waals surface area contributed by atoms with Crippen molar-refractivity contribution >= 4 is 15.9 Å². The first-order valence-corrected chi connectivity index (χ1v) is 8.24. The molecule has 1 aromatic rings. The molecule has 118 valence electrons. The van der Waals surface area contributed by atoms with Gasteiger partial charge in [-0.2, -0.15) is 4.72 Å². The van der Waals surface area contributed by atoms with Gasteiger partial charge in [-0.25, -0.2) is 12.8 Å². The molecule has 1 unspecified atom stereocenters. The van der Waals surface area contributed by atoms with E-state index in [-0.39, 0.29) is 4.90 Å². The first kappa shape index (κ1) is 17.6. The number of sulfonamides is 1. The highest BCUT2D eigenvalue weighted by molar-refractivity contribution is 7.89. The normalized spacial score (nSPS) is 13.0. The van der Waals surface area contributed by atoms with E-state index in [4.69, 9.17) is 0 Å². The largest absolute Gasteiger partial charge is 0.355 e. The molecule has 0 aromatic heterocycles. The van der Waals surface area contributed by atoms with Crippen LogP contribution in [0.1, 0.15) is 31.4 Å². The van der Waals surface area contributed by atoms with Crippen molar-refractivity contribution in [3.63, 3.8) is 0 Å². The number of rotatable bonds is 6. The molecule has 7 heteroatoms. The summed E-state index contributed by atoms with van der Waals surface area (Å²) in [5.41, 5.74) is 0.613. The zero-order valence-electron chi connectivity index (χ0n) is 12.7. The van der Waals surface area contributed by atoms with Crippen LogP contribution < -0.4 is 10.0 Å². The van der Waals surface area contributed by atoms with Crippen LogP contribution in [0.25, 0.3) is 0 Å². The number of carbonyl (C=O) groups is 1. The molecule has 0 saturated heterocycles. The highest BCUT2D eigenvalue weighted by Gasteiger charge is 2.25. The maximum atomic E-state index is 13.2. The number of amides is 1. The first-order chi connectivity index (χ1) is 9.69. The van der Waals surface area contributed by atoms with Gasteiger partial charge in [0.05, 0.1) is 10.9 Å². The standard InChI is InChI=1S/C14H21FN2O3S/c1-5-6-16-14(18)11(4)17-21(19,20)13-9(2)7-12(15)8-10(13)3/h7-8,11,17H,5-6H2,1-4H3,(H,16,18). The molecule has 0 bridgehead atoms. The topological polar surface area (TPSA) is 75.3 Å². The van der Waals surface area contributed by atoms with Crippen LogP contribution in [0.4, 0.5) is 4.39 Å². The molecule has 0 aliphatic carbocycles. The van der Waals surface area contributed by atoms with Crippen LogP contribution in [0.2, 0.25) is 0 Å². The molecule has 21 heavy (non-hydrogen) atoms. The molecule has 0 radical (unpaired) electrons. The van der Waals surface area contributed by atoms with Crippen molar-refractivity contribution < 1.29 is 17.6 Å². The average Bonchev–Trinajstić information content (AvgIpc) is 2.33. The lowest BCUT2D eigenvalue weighted by Crippen LogP contribution is -2.45. The lowest BCUT2D eigenvalue weighted by molar-refractivity contribution is -0.122. The molecule has 1 atom stereocenters. The molecule has 1 rings (SSSR count). The number of carbonyl (C=O) groups excluding carboxylic acids is 1. The van der Waals surface area contributed by atoms with Crippen molar-refractivity contribution in [3.8, 4) is 0 Å². The molecule has 5 nitrogen and oxygen atoms in total. The third-order valence-electron chi connectivity index (χ3n) is 2.97. The quantitative estimate of drug-likeness (QED) is 0.837. The molecule has 0 fully saturated rings. The number of nitrogens with one attached hydrogen (secondary N) is 2. The first-order valence-electron chi connectivity index (χ1n) is 6.75. The van der Waals surface area contributed by atoms with Crippen molar-refractivity contribution in [1.29, 1.82) is 0 Å². The Morgan fingerprint density at radius 3 is 2.29 bits per heavy atom. The second kappa shape index (κ2) is 7.00. The molecule has 1 amide bonds. The van der Waals surface area contributed by atoms with E-state index >= 15 is 0 Å². The Balaban J connectivity index is 3.00. The van der Waals surface area contributed by atoms with Crippen LogP contribution in [-0.4, -0.2) is 26.9 Å². The molecular formula is C14H21FN2O3S. The molecule has 0 heterocycles. The molecule has 0 spiro atoms. The average molecular weight is 316 g/mol. The van der Waals surface area contributed by atoms with E-state index in [0.717, 1.165) is 18.6 Å². The van der Waals surface area contributed by atoms with Gasteiger partial charge in [-0.1, -0.05) is 6.92 Å². The minimum absolute atomic E-state index is 0.0130. The van der Waals surface area contributed by atoms with Gasteiger partial charge in [0.2, 0.25) is 15.9 Å². The maximum absolute atomic E-state index is 13.2. The Bertz CT molecular complexity index is 606. The van der Waals surface area contributed by atoms with Crippen LogP contribution in [0.3, 0.4) is 0 Å². The predicted molar refractivity (Wildman–Crippen MR) is 79.0 cm³/mol. The number of benzene rings is 1. The van der Waals surface area contributed by atoms with E-state index in [9.17, 15) is 17.6 Å². The highest BCUT2D eigenvalue weighted by Crippen LogP contribution is 2.21.